The first-order chi connectivity index (χ1) is 8.19. The number of rotatable bonds is 3. The van der Waals surface area contributed by atoms with Crippen molar-refractivity contribution in [2.24, 2.45) is 5.73 Å². The molecule has 0 aliphatic rings. The average Bonchev–Trinajstić information content (AvgIpc) is 2.35. The van der Waals surface area contributed by atoms with Crippen LogP contribution in [0.25, 0.3) is 0 Å². The number of benzene rings is 1. The van der Waals surface area contributed by atoms with Gasteiger partial charge in [0.2, 0.25) is 5.88 Å². The van der Waals surface area contributed by atoms with Gasteiger partial charge in [-0.15, -0.1) is 0 Å². The molecule has 0 radical (unpaired) electrons. The molecule has 0 atom stereocenters. The van der Waals surface area contributed by atoms with Crippen molar-refractivity contribution in [3.63, 3.8) is 0 Å². The first kappa shape index (κ1) is 11.9. The Bertz CT molecular complexity index is 519. The molecule has 2 rings (SSSR count). The molecule has 4 nitrogen and oxygen atoms in total. The van der Waals surface area contributed by atoms with Gasteiger partial charge >= 0.3 is 0 Å². The Morgan fingerprint density at radius 2 is 2.12 bits per heavy atom. The van der Waals surface area contributed by atoms with Crippen LogP contribution in [0, 0.1) is 5.82 Å². The summed E-state index contributed by atoms with van der Waals surface area (Å²) >= 11 is 3.07. The molecule has 0 spiro atoms. The maximum atomic E-state index is 13.0. The summed E-state index contributed by atoms with van der Waals surface area (Å²) in [5, 5.41) is 0. The molecular weight excluding hydrogens is 289 g/mol. The summed E-state index contributed by atoms with van der Waals surface area (Å²) in [6.07, 6.45) is 3.01. The maximum Gasteiger partial charge on any atom is 0.237 e. The van der Waals surface area contributed by atoms with Crippen molar-refractivity contribution < 1.29 is 9.13 Å². The van der Waals surface area contributed by atoms with Gasteiger partial charge in [0.1, 0.15) is 11.6 Å². The highest BCUT2D eigenvalue weighted by Gasteiger charge is 2.03. The van der Waals surface area contributed by atoms with E-state index < -0.39 is 0 Å². The number of halogens is 2. The van der Waals surface area contributed by atoms with Gasteiger partial charge in [-0.2, -0.15) is 0 Å². The van der Waals surface area contributed by atoms with E-state index >= 15 is 0 Å². The van der Waals surface area contributed by atoms with Crippen LogP contribution >= 0.6 is 15.9 Å². The molecule has 0 saturated carbocycles. The molecule has 0 amide bonds. The predicted molar refractivity (Wildman–Crippen MR) is 64.1 cm³/mol. The average molecular weight is 298 g/mol. The van der Waals surface area contributed by atoms with E-state index in [0.717, 1.165) is 0 Å². The van der Waals surface area contributed by atoms with E-state index in [1.54, 1.807) is 0 Å². The van der Waals surface area contributed by atoms with Gasteiger partial charge in [0.25, 0.3) is 0 Å². The number of aromatic nitrogens is 2. The lowest BCUT2D eigenvalue weighted by Crippen LogP contribution is -2.00. The van der Waals surface area contributed by atoms with Gasteiger partial charge in [0.05, 0.1) is 22.6 Å². The van der Waals surface area contributed by atoms with Gasteiger partial charge in [-0.3, -0.25) is 4.98 Å². The van der Waals surface area contributed by atoms with E-state index in [-0.39, 0.29) is 5.82 Å². The normalized spacial score (nSPS) is 10.3. The Morgan fingerprint density at radius 1 is 1.29 bits per heavy atom. The van der Waals surface area contributed by atoms with Gasteiger partial charge in [0, 0.05) is 6.54 Å². The van der Waals surface area contributed by atoms with Crippen molar-refractivity contribution in [2.75, 3.05) is 0 Å². The summed E-state index contributed by atoms with van der Waals surface area (Å²) in [6.45, 7) is 0.329. The Kier molecular flexibility index (Phi) is 3.65. The molecule has 0 fully saturated rings. The van der Waals surface area contributed by atoms with Crippen LogP contribution in [0.1, 0.15) is 5.69 Å². The standard InChI is InChI=1S/C11H9BrFN3O/c12-9-3-8(1-2-10(9)13)17-11-6-15-7(4-14)5-16-11/h1-3,5-6H,4,14H2. The molecule has 88 valence electrons. The quantitative estimate of drug-likeness (QED) is 0.946. The molecule has 2 aromatic rings. The zero-order valence-electron chi connectivity index (χ0n) is 8.73. The molecule has 2 N–H and O–H groups in total. The van der Waals surface area contributed by atoms with Crippen LogP contribution in [0.4, 0.5) is 4.39 Å². The highest BCUT2D eigenvalue weighted by molar-refractivity contribution is 9.10. The van der Waals surface area contributed by atoms with Gasteiger partial charge in [-0.05, 0) is 34.1 Å². The van der Waals surface area contributed by atoms with Crippen LogP contribution in [-0.4, -0.2) is 9.97 Å². The monoisotopic (exact) mass is 297 g/mol. The summed E-state index contributed by atoms with van der Waals surface area (Å²) in [4.78, 5) is 8.06. The van der Waals surface area contributed by atoms with Crippen LogP contribution < -0.4 is 10.5 Å². The van der Waals surface area contributed by atoms with Crippen molar-refractivity contribution in [3.8, 4) is 11.6 Å². The molecule has 1 aromatic carbocycles. The van der Waals surface area contributed by atoms with Crippen LogP contribution in [0.15, 0.2) is 35.1 Å². The van der Waals surface area contributed by atoms with Gasteiger partial charge in [-0.25, -0.2) is 9.37 Å². The van der Waals surface area contributed by atoms with Gasteiger partial charge < -0.3 is 10.5 Å². The summed E-state index contributed by atoms with van der Waals surface area (Å²) in [5.41, 5.74) is 6.08. The Balaban J connectivity index is 2.16. The lowest BCUT2D eigenvalue weighted by molar-refractivity contribution is 0.457. The molecule has 0 aliphatic heterocycles. The third kappa shape index (κ3) is 2.98. The van der Waals surface area contributed by atoms with E-state index in [1.807, 2.05) is 0 Å². The van der Waals surface area contributed by atoms with Crippen LogP contribution in [0.3, 0.4) is 0 Å². The fourth-order valence-electron chi connectivity index (χ4n) is 1.16. The third-order valence-corrected chi connectivity index (χ3v) is 2.61. The first-order valence-electron chi connectivity index (χ1n) is 4.83. The minimum Gasteiger partial charge on any atom is -0.437 e. The molecule has 0 saturated heterocycles. The first-order valence-corrected chi connectivity index (χ1v) is 5.62. The van der Waals surface area contributed by atoms with Gasteiger partial charge in [-0.1, -0.05) is 0 Å². The number of hydrogen-bond acceptors (Lipinski definition) is 4. The third-order valence-electron chi connectivity index (χ3n) is 2.00. The van der Waals surface area contributed by atoms with Crippen LogP contribution in [0.2, 0.25) is 0 Å². The fraction of sp³-hybridized carbons (Fsp3) is 0.0909. The lowest BCUT2D eigenvalue weighted by Gasteiger charge is -2.05. The zero-order chi connectivity index (χ0) is 12.3. The van der Waals surface area contributed by atoms with Crippen molar-refractivity contribution in [1.82, 2.24) is 9.97 Å². The molecule has 0 aliphatic carbocycles. The van der Waals surface area contributed by atoms with Crippen LogP contribution in [0.5, 0.6) is 11.6 Å². The topological polar surface area (TPSA) is 61.0 Å². The Morgan fingerprint density at radius 3 is 2.71 bits per heavy atom. The van der Waals surface area contributed by atoms with E-state index in [9.17, 15) is 4.39 Å². The molecule has 0 bridgehead atoms. The molecule has 1 aromatic heterocycles. The van der Waals surface area contributed by atoms with Crippen molar-refractivity contribution in [3.05, 3.63) is 46.6 Å². The molecule has 17 heavy (non-hydrogen) atoms. The Hall–Kier alpha value is -1.53. The van der Waals surface area contributed by atoms with E-state index in [2.05, 4.69) is 25.9 Å². The maximum absolute atomic E-state index is 13.0. The molecule has 0 unspecified atom stereocenters. The summed E-state index contributed by atoms with van der Waals surface area (Å²) in [7, 11) is 0. The van der Waals surface area contributed by atoms with E-state index in [4.69, 9.17) is 10.5 Å². The Labute approximate surface area is 106 Å². The zero-order valence-corrected chi connectivity index (χ0v) is 10.3. The largest absolute Gasteiger partial charge is 0.437 e. The van der Waals surface area contributed by atoms with E-state index in [0.29, 0.717) is 28.3 Å². The molecule has 1 heterocycles. The highest BCUT2D eigenvalue weighted by Crippen LogP contribution is 2.24. The second-order valence-electron chi connectivity index (χ2n) is 3.23. The molecular formula is C11H9BrFN3O. The highest BCUT2D eigenvalue weighted by atomic mass is 79.9. The van der Waals surface area contributed by atoms with Crippen molar-refractivity contribution >= 4 is 15.9 Å². The number of hydrogen-bond donors (Lipinski definition) is 1. The SMILES string of the molecule is NCc1cnc(Oc2ccc(F)c(Br)c2)cn1. The number of nitrogens with two attached hydrogens (primary N) is 1. The minimum absolute atomic E-state index is 0.329. The lowest BCUT2D eigenvalue weighted by atomic mass is 10.3. The number of nitrogens with zero attached hydrogens (tertiary/aromatic N) is 2. The summed E-state index contributed by atoms with van der Waals surface area (Å²) < 4.78 is 18.7. The van der Waals surface area contributed by atoms with Crippen LogP contribution in [-0.2, 0) is 6.54 Å². The van der Waals surface area contributed by atoms with E-state index in [1.165, 1.54) is 30.6 Å². The molecule has 6 heteroatoms. The van der Waals surface area contributed by atoms with Gasteiger partial charge in [0.15, 0.2) is 0 Å². The second kappa shape index (κ2) is 5.20. The second-order valence-corrected chi connectivity index (χ2v) is 4.08. The predicted octanol–water partition coefficient (Wildman–Crippen LogP) is 2.63. The van der Waals surface area contributed by atoms with Crippen molar-refractivity contribution in [2.45, 2.75) is 6.54 Å². The smallest absolute Gasteiger partial charge is 0.237 e. The summed E-state index contributed by atoms with van der Waals surface area (Å²) in [5.74, 6) is 0.468. The van der Waals surface area contributed by atoms with Crippen molar-refractivity contribution in [1.29, 1.82) is 0 Å². The summed E-state index contributed by atoms with van der Waals surface area (Å²) in [6, 6.07) is 4.34. The number of ether oxygens (including phenoxy) is 1. The fourth-order valence-corrected chi connectivity index (χ4v) is 1.52. The minimum atomic E-state index is -0.345.